The fourth-order valence-corrected chi connectivity index (χ4v) is 6.23. The highest BCUT2D eigenvalue weighted by Crippen LogP contribution is 2.25. The van der Waals surface area contributed by atoms with E-state index in [0.717, 1.165) is 30.8 Å². The predicted octanol–water partition coefficient (Wildman–Crippen LogP) is 2.37. The van der Waals surface area contributed by atoms with Crippen LogP contribution in [0, 0.1) is 0 Å². The fourth-order valence-electron chi connectivity index (χ4n) is 4.81. The summed E-state index contributed by atoms with van der Waals surface area (Å²) in [4.78, 5) is 24.4. The van der Waals surface area contributed by atoms with Crippen LogP contribution in [0.15, 0.2) is 65.8 Å². The zero-order valence-corrected chi connectivity index (χ0v) is 21.3. The summed E-state index contributed by atoms with van der Waals surface area (Å²) < 4.78 is 28.0. The molecule has 0 saturated carbocycles. The van der Waals surface area contributed by atoms with Crippen molar-refractivity contribution < 1.29 is 18.4 Å². The number of nitrogens with zero attached hydrogens (tertiary/aromatic N) is 5. The van der Waals surface area contributed by atoms with E-state index in [2.05, 4.69) is 39.1 Å². The molecule has 0 radical (unpaired) electrons. The van der Waals surface area contributed by atoms with Crippen LogP contribution in [0.2, 0.25) is 0 Å². The maximum atomic E-state index is 13.3. The first kappa shape index (κ1) is 25.3. The van der Waals surface area contributed by atoms with Crippen molar-refractivity contribution in [2.75, 3.05) is 44.2 Å². The number of likely N-dealkylation sites (tertiary alicyclic amines) is 1. The van der Waals surface area contributed by atoms with Crippen LogP contribution in [0.3, 0.4) is 0 Å². The number of nitrogens with one attached hydrogen (secondary N) is 1. The molecule has 0 spiro atoms. The SMILES string of the molecule is O=C(NO)c1cnc(N2CCN(S(=O)(=O)c3ccc(-c4cccc(CN5CCCC5)c4)cc3)CC2)nc1. The summed E-state index contributed by atoms with van der Waals surface area (Å²) in [6.45, 7) is 4.68. The van der Waals surface area contributed by atoms with Crippen molar-refractivity contribution in [2.45, 2.75) is 24.3 Å². The Balaban J connectivity index is 1.22. The van der Waals surface area contributed by atoms with E-state index in [0.29, 0.717) is 32.1 Å². The molecule has 0 unspecified atom stereocenters. The van der Waals surface area contributed by atoms with Crippen LogP contribution in [0.4, 0.5) is 5.95 Å². The molecule has 3 heterocycles. The van der Waals surface area contributed by atoms with E-state index in [1.807, 2.05) is 17.0 Å². The van der Waals surface area contributed by atoms with Gasteiger partial charge in [-0.25, -0.2) is 23.9 Å². The molecule has 0 atom stereocenters. The fraction of sp³-hybridized carbons (Fsp3) is 0.346. The number of anilines is 1. The highest BCUT2D eigenvalue weighted by atomic mass is 32.2. The highest BCUT2D eigenvalue weighted by Gasteiger charge is 2.29. The molecule has 10 nitrogen and oxygen atoms in total. The molecule has 11 heteroatoms. The van der Waals surface area contributed by atoms with Crippen molar-refractivity contribution >= 4 is 21.9 Å². The van der Waals surface area contributed by atoms with Gasteiger partial charge in [0.15, 0.2) is 0 Å². The molecule has 1 aromatic heterocycles. The lowest BCUT2D eigenvalue weighted by Gasteiger charge is -2.34. The smallest absolute Gasteiger partial charge is 0.277 e. The minimum absolute atomic E-state index is 0.134. The largest absolute Gasteiger partial charge is 0.338 e. The molecular weight excluding hydrogens is 492 g/mol. The normalized spacial score (nSPS) is 17.2. The molecule has 2 aromatic carbocycles. The Kier molecular flexibility index (Phi) is 7.47. The van der Waals surface area contributed by atoms with Crippen LogP contribution in [0.25, 0.3) is 11.1 Å². The minimum Gasteiger partial charge on any atom is -0.338 e. The Morgan fingerprint density at radius 2 is 1.57 bits per heavy atom. The molecule has 1 amide bonds. The molecular formula is C26H30N6O4S. The molecule has 2 N–H and O–H groups in total. The van der Waals surface area contributed by atoms with Gasteiger partial charge in [0.05, 0.1) is 10.5 Å². The quantitative estimate of drug-likeness (QED) is 0.359. The first-order valence-corrected chi connectivity index (χ1v) is 13.8. The first-order valence-electron chi connectivity index (χ1n) is 12.4. The summed E-state index contributed by atoms with van der Waals surface area (Å²) in [5.74, 6) is -0.286. The van der Waals surface area contributed by atoms with Gasteiger partial charge in [0.1, 0.15) is 0 Å². The third-order valence-corrected chi connectivity index (χ3v) is 8.79. The van der Waals surface area contributed by atoms with Crippen LogP contribution in [-0.2, 0) is 16.6 Å². The molecule has 3 aromatic rings. The number of carbonyl (C=O) groups is 1. The average molecular weight is 523 g/mol. The summed E-state index contributed by atoms with van der Waals surface area (Å²) in [6.07, 6.45) is 5.16. The molecule has 194 valence electrons. The van der Waals surface area contributed by atoms with Gasteiger partial charge in [-0.05, 0) is 60.8 Å². The van der Waals surface area contributed by atoms with E-state index in [1.165, 1.54) is 40.6 Å². The third-order valence-electron chi connectivity index (χ3n) is 6.88. The van der Waals surface area contributed by atoms with Crippen molar-refractivity contribution in [3.05, 3.63) is 72.1 Å². The number of sulfonamides is 1. The molecule has 5 rings (SSSR count). The van der Waals surface area contributed by atoms with E-state index < -0.39 is 15.9 Å². The number of amides is 1. The summed E-state index contributed by atoms with van der Waals surface area (Å²) in [6, 6.07) is 15.5. The van der Waals surface area contributed by atoms with E-state index in [4.69, 9.17) is 5.21 Å². The van der Waals surface area contributed by atoms with E-state index in [9.17, 15) is 13.2 Å². The summed E-state index contributed by atoms with van der Waals surface area (Å²) in [5, 5.41) is 8.71. The van der Waals surface area contributed by atoms with Crippen molar-refractivity contribution in [1.82, 2.24) is 24.7 Å². The number of hydrogen-bond acceptors (Lipinski definition) is 8. The average Bonchev–Trinajstić information content (AvgIpc) is 3.46. The van der Waals surface area contributed by atoms with Gasteiger partial charge < -0.3 is 4.90 Å². The standard InChI is InChI=1S/C26H30N6O4S/c33-25(29-34)23-17-27-26(28-18-23)31-12-14-32(15-13-31)37(35,36)24-8-6-21(7-9-24)22-5-3-4-20(16-22)19-30-10-1-2-11-30/h3-9,16-18,34H,1-2,10-15,19H2,(H,29,33). The van der Waals surface area contributed by atoms with Gasteiger partial charge in [0.25, 0.3) is 5.91 Å². The van der Waals surface area contributed by atoms with Crippen molar-refractivity contribution in [1.29, 1.82) is 0 Å². The molecule has 2 aliphatic rings. The summed E-state index contributed by atoms with van der Waals surface area (Å²) in [5.41, 5.74) is 5.01. The van der Waals surface area contributed by atoms with Crippen LogP contribution < -0.4 is 10.4 Å². The minimum atomic E-state index is -3.63. The summed E-state index contributed by atoms with van der Waals surface area (Å²) in [7, 11) is -3.63. The third kappa shape index (κ3) is 5.64. The van der Waals surface area contributed by atoms with E-state index in [-0.39, 0.29) is 10.5 Å². The number of hydrogen-bond donors (Lipinski definition) is 2. The second-order valence-corrected chi connectivity index (χ2v) is 11.2. The number of piperazine rings is 1. The lowest BCUT2D eigenvalue weighted by molar-refractivity contribution is 0.0705. The maximum Gasteiger partial charge on any atom is 0.277 e. The number of rotatable bonds is 7. The number of hydroxylamine groups is 1. The zero-order chi connectivity index (χ0) is 25.8. The van der Waals surface area contributed by atoms with Crippen molar-refractivity contribution in [3.8, 4) is 11.1 Å². The number of aromatic nitrogens is 2. The Labute approximate surface area is 216 Å². The van der Waals surface area contributed by atoms with Crippen LogP contribution in [0.5, 0.6) is 0 Å². The van der Waals surface area contributed by atoms with Crippen molar-refractivity contribution in [2.24, 2.45) is 0 Å². The Hall–Kier alpha value is -3.38. The van der Waals surface area contributed by atoms with Gasteiger partial charge in [-0.15, -0.1) is 0 Å². The monoisotopic (exact) mass is 522 g/mol. The van der Waals surface area contributed by atoms with Gasteiger partial charge >= 0.3 is 0 Å². The first-order chi connectivity index (χ1) is 17.9. The summed E-state index contributed by atoms with van der Waals surface area (Å²) >= 11 is 0. The Morgan fingerprint density at radius 1 is 0.892 bits per heavy atom. The molecule has 2 aliphatic heterocycles. The van der Waals surface area contributed by atoms with Crippen LogP contribution in [-0.4, -0.2) is 78.0 Å². The van der Waals surface area contributed by atoms with Crippen molar-refractivity contribution in [3.63, 3.8) is 0 Å². The van der Waals surface area contributed by atoms with Crippen LogP contribution in [0.1, 0.15) is 28.8 Å². The second kappa shape index (κ2) is 10.9. The lowest BCUT2D eigenvalue weighted by atomic mass is 10.0. The molecule has 37 heavy (non-hydrogen) atoms. The Bertz CT molecular complexity index is 1330. The molecule has 0 bridgehead atoms. The van der Waals surface area contributed by atoms with Gasteiger partial charge in [-0.1, -0.05) is 30.3 Å². The Morgan fingerprint density at radius 3 is 2.22 bits per heavy atom. The lowest BCUT2D eigenvalue weighted by Crippen LogP contribution is -2.49. The number of benzene rings is 2. The molecule has 2 saturated heterocycles. The second-order valence-electron chi connectivity index (χ2n) is 9.31. The molecule has 0 aliphatic carbocycles. The van der Waals surface area contributed by atoms with E-state index >= 15 is 0 Å². The highest BCUT2D eigenvalue weighted by molar-refractivity contribution is 7.89. The van der Waals surface area contributed by atoms with Gasteiger partial charge in [0.2, 0.25) is 16.0 Å². The topological polar surface area (TPSA) is 119 Å². The zero-order valence-electron chi connectivity index (χ0n) is 20.5. The number of carbonyl (C=O) groups excluding carboxylic acids is 1. The van der Waals surface area contributed by atoms with Gasteiger partial charge in [-0.2, -0.15) is 4.31 Å². The maximum absolute atomic E-state index is 13.3. The van der Waals surface area contributed by atoms with Crippen LogP contribution >= 0.6 is 0 Å². The van der Waals surface area contributed by atoms with Gasteiger partial charge in [-0.3, -0.25) is 14.9 Å². The van der Waals surface area contributed by atoms with Gasteiger partial charge in [0, 0.05) is 45.1 Å². The molecule has 2 fully saturated rings. The van der Waals surface area contributed by atoms with E-state index in [1.54, 1.807) is 12.1 Å². The predicted molar refractivity (Wildman–Crippen MR) is 139 cm³/mol.